The van der Waals surface area contributed by atoms with Crippen molar-refractivity contribution in [1.82, 2.24) is 9.99 Å². The predicted octanol–water partition coefficient (Wildman–Crippen LogP) is 3.61. The zero-order valence-corrected chi connectivity index (χ0v) is 18.1. The molecular formula is C22H26N4O3S. The number of nitrogens with zero attached hydrogens (tertiary/aromatic N) is 3. The van der Waals surface area contributed by atoms with Gasteiger partial charge in [-0.05, 0) is 50.5 Å². The largest absolute Gasteiger partial charge is 0.454 e. The van der Waals surface area contributed by atoms with Crippen molar-refractivity contribution in [3.05, 3.63) is 46.8 Å². The maximum absolute atomic E-state index is 5.83. The van der Waals surface area contributed by atoms with E-state index in [1.165, 1.54) is 23.4 Å². The van der Waals surface area contributed by atoms with Crippen LogP contribution in [-0.4, -0.2) is 40.7 Å². The van der Waals surface area contributed by atoms with Crippen LogP contribution in [0.15, 0.2) is 34.4 Å². The van der Waals surface area contributed by atoms with Gasteiger partial charge in [0.05, 0.1) is 18.4 Å². The zero-order valence-electron chi connectivity index (χ0n) is 17.3. The molecule has 0 saturated carbocycles. The Morgan fingerprint density at radius 3 is 2.93 bits per heavy atom. The van der Waals surface area contributed by atoms with Crippen LogP contribution in [0.5, 0.6) is 11.5 Å². The zero-order chi connectivity index (χ0) is 20.5. The molecule has 0 bridgehead atoms. The van der Waals surface area contributed by atoms with E-state index in [1.807, 2.05) is 18.2 Å². The molecule has 0 amide bonds. The molecule has 1 N–H and O–H groups in total. The summed E-state index contributed by atoms with van der Waals surface area (Å²) in [6, 6.07) is 8.17. The lowest BCUT2D eigenvalue weighted by Gasteiger charge is -2.17. The van der Waals surface area contributed by atoms with Crippen LogP contribution in [0.1, 0.15) is 35.4 Å². The van der Waals surface area contributed by atoms with Gasteiger partial charge in [0.2, 0.25) is 6.79 Å². The summed E-state index contributed by atoms with van der Waals surface area (Å²) in [5.74, 6) is 2.38. The smallest absolute Gasteiger partial charge is 0.231 e. The second kappa shape index (κ2) is 8.35. The van der Waals surface area contributed by atoms with Gasteiger partial charge in [0, 0.05) is 35.9 Å². The molecule has 7 nitrogen and oxygen atoms in total. The van der Waals surface area contributed by atoms with Crippen molar-refractivity contribution < 1.29 is 14.2 Å². The van der Waals surface area contributed by atoms with Crippen LogP contribution in [0.25, 0.3) is 0 Å². The number of benzene rings is 1. The Labute approximate surface area is 180 Å². The molecule has 1 fully saturated rings. The Kier molecular flexibility index (Phi) is 5.43. The van der Waals surface area contributed by atoms with E-state index in [0.717, 1.165) is 53.3 Å². The summed E-state index contributed by atoms with van der Waals surface area (Å²) in [5, 5.41) is 5.46. The Bertz CT molecular complexity index is 1010. The Morgan fingerprint density at radius 2 is 2.13 bits per heavy atom. The summed E-state index contributed by atoms with van der Waals surface area (Å²) in [4.78, 5) is 4.66. The molecule has 2 aromatic rings. The summed E-state index contributed by atoms with van der Waals surface area (Å²) in [6.07, 6.45) is 2.64. The number of thioether (sulfide) groups is 1. The molecule has 1 unspecified atom stereocenters. The fourth-order valence-electron chi connectivity index (χ4n) is 4.10. The molecule has 30 heavy (non-hydrogen) atoms. The lowest BCUT2D eigenvalue weighted by Crippen LogP contribution is -2.26. The summed E-state index contributed by atoms with van der Waals surface area (Å²) in [5.41, 5.74) is 9.00. The van der Waals surface area contributed by atoms with E-state index >= 15 is 0 Å². The first kappa shape index (κ1) is 19.5. The molecular weight excluding hydrogens is 400 g/mol. The van der Waals surface area contributed by atoms with Gasteiger partial charge < -0.3 is 18.8 Å². The van der Waals surface area contributed by atoms with Gasteiger partial charge in [0.1, 0.15) is 0 Å². The highest BCUT2D eigenvalue weighted by molar-refractivity contribution is 8.14. The average Bonchev–Trinajstić information content (AvgIpc) is 3.50. The minimum absolute atomic E-state index is 0.288. The minimum atomic E-state index is 0.288. The summed E-state index contributed by atoms with van der Waals surface area (Å²) >= 11 is 1.69. The molecule has 1 aromatic carbocycles. The number of aryl methyl sites for hydroxylation is 1. The molecule has 4 heterocycles. The summed E-state index contributed by atoms with van der Waals surface area (Å²) < 4.78 is 19.0. The number of hydrazone groups is 1. The quantitative estimate of drug-likeness (QED) is 0.791. The molecule has 0 spiro atoms. The number of rotatable bonds is 5. The van der Waals surface area contributed by atoms with Crippen LogP contribution in [0.3, 0.4) is 0 Å². The van der Waals surface area contributed by atoms with Crippen molar-refractivity contribution in [2.75, 3.05) is 19.2 Å². The molecule has 3 aliphatic heterocycles. The van der Waals surface area contributed by atoms with Gasteiger partial charge in [-0.1, -0.05) is 17.8 Å². The lowest BCUT2D eigenvalue weighted by atomic mass is 10.1. The van der Waals surface area contributed by atoms with E-state index in [-0.39, 0.29) is 6.79 Å². The Morgan fingerprint density at radius 1 is 1.23 bits per heavy atom. The van der Waals surface area contributed by atoms with Gasteiger partial charge in [-0.3, -0.25) is 10.4 Å². The minimum Gasteiger partial charge on any atom is -0.454 e. The number of aromatic nitrogens is 1. The number of aliphatic imine (C=N–C) groups is 1. The predicted molar refractivity (Wildman–Crippen MR) is 119 cm³/mol. The molecule has 158 valence electrons. The van der Waals surface area contributed by atoms with E-state index < -0.39 is 0 Å². The third-order valence-corrected chi connectivity index (χ3v) is 6.68. The van der Waals surface area contributed by atoms with E-state index in [9.17, 15) is 0 Å². The average molecular weight is 427 g/mol. The van der Waals surface area contributed by atoms with Crippen LogP contribution in [0.4, 0.5) is 0 Å². The van der Waals surface area contributed by atoms with Crippen molar-refractivity contribution in [2.24, 2.45) is 10.1 Å². The topological polar surface area (TPSA) is 69.4 Å². The molecule has 0 radical (unpaired) electrons. The number of nitrogens with one attached hydrogen (secondary N) is 1. The van der Waals surface area contributed by atoms with Crippen LogP contribution < -0.4 is 14.9 Å². The third kappa shape index (κ3) is 3.94. The molecule has 1 aromatic heterocycles. The summed E-state index contributed by atoms with van der Waals surface area (Å²) in [7, 11) is 0. The molecule has 8 heteroatoms. The monoisotopic (exact) mass is 426 g/mol. The molecule has 0 aliphatic carbocycles. The first-order chi connectivity index (χ1) is 14.7. The SMILES string of the molecule is Cc1cc(C2=NNC(=NCc3ccc4c(c3)OCO4)SC2)c(C)n1CC1CCCO1. The number of amidine groups is 1. The third-order valence-electron chi connectivity index (χ3n) is 5.77. The standard InChI is InChI=1S/C22H26N4O3S/c1-14-8-18(15(2)26(14)11-17-4-3-7-27-17)19-12-30-22(25-24-19)23-10-16-5-6-20-21(9-16)29-13-28-20/h5-6,8-9,17H,3-4,7,10-13H2,1-2H3,(H,23,25). The first-order valence-corrected chi connectivity index (χ1v) is 11.3. The van der Waals surface area contributed by atoms with Gasteiger partial charge >= 0.3 is 0 Å². The van der Waals surface area contributed by atoms with Crippen LogP contribution in [0.2, 0.25) is 0 Å². The Hall–Kier alpha value is -2.45. The van der Waals surface area contributed by atoms with Crippen molar-refractivity contribution in [1.29, 1.82) is 0 Å². The van der Waals surface area contributed by atoms with Gasteiger partial charge in [-0.25, -0.2) is 0 Å². The van der Waals surface area contributed by atoms with E-state index in [1.54, 1.807) is 11.8 Å². The van der Waals surface area contributed by atoms with Crippen molar-refractivity contribution in [3.63, 3.8) is 0 Å². The van der Waals surface area contributed by atoms with Crippen molar-refractivity contribution >= 4 is 22.6 Å². The highest BCUT2D eigenvalue weighted by atomic mass is 32.2. The van der Waals surface area contributed by atoms with E-state index in [4.69, 9.17) is 14.2 Å². The van der Waals surface area contributed by atoms with E-state index in [0.29, 0.717) is 12.6 Å². The maximum Gasteiger partial charge on any atom is 0.231 e. The fourth-order valence-corrected chi connectivity index (χ4v) is 4.86. The van der Waals surface area contributed by atoms with Gasteiger partial charge in [-0.15, -0.1) is 0 Å². The lowest BCUT2D eigenvalue weighted by molar-refractivity contribution is 0.0962. The van der Waals surface area contributed by atoms with Gasteiger partial charge in [0.25, 0.3) is 0 Å². The molecule has 1 atom stereocenters. The van der Waals surface area contributed by atoms with Gasteiger partial charge in [0.15, 0.2) is 16.7 Å². The number of ether oxygens (including phenoxy) is 3. The molecule has 5 rings (SSSR count). The van der Waals surface area contributed by atoms with Crippen LogP contribution >= 0.6 is 11.8 Å². The second-order valence-electron chi connectivity index (χ2n) is 7.80. The maximum atomic E-state index is 5.83. The fraction of sp³-hybridized carbons (Fsp3) is 0.455. The van der Waals surface area contributed by atoms with E-state index in [2.05, 4.69) is 40.0 Å². The number of hydrogen-bond acceptors (Lipinski definition) is 6. The molecule has 3 aliphatic rings. The van der Waals surface area contributed by atoms with Gasteiger partial charge in [-0.2, -0.15) is 5.10 Å². The van der Waals surface area contributed by atoms with Crippen LogP contribution in [0, 0.1) is 13.8 Å². The van der Waals surface area contributed by atoms with Crippen molar-refractivity contribution in [3.8, 4) is 11.5 Å². The Balaban J connectivity index is 1.25. The first-order valence-electron chi connectivity index (χ1n) is 10.3. The number of fused-ring (bicyclic) bond motifs is 1. The van der Waals surface area contributed by atoms with Crippen LogP contribution in [-0.2, 0) is 17.8 Å². The summed E-state index contributed by atoms with van der Waals surface area (Å²) in [6.45, 7) is 7.01. The highest BCUT2D eigenvalue weighted by Gasteiger charge is 2.22. The highest BCUT2D eigenvalue weighted by Crippen LogP contribution is 2.32. The normalized spacial score (nSPS) is 21.7. The second-order valence-corrected chi connectivity index (χ2v) is 8.76. The number of hydrogen-bond donors (Lipinski definition) is 1. The molecule has 1 saturated heterocycles. The van der Waals surface area contributed by atoms with Crippen molar-refractivity contribution in [2.45, 2.75) is 45.9 Å².